The van der Waals surface area contributed by atoms with Crippen LogP contribution in [0.4, 0.5) is 5.82 Å². The third-order valence-electron chi connectivity index (χ3n) is 6.04. The maximum absolute atomic E-state index is 12.8. The van der Waals surface area contributed by atoms with Gasteiger partial charge in [0.15, 0.2) is 11.5 Å². The van der Waals surface area contributed by atoms with Crippen molar-refractivity contribution in [2.24, 2.45) is 0 Å². The van der Waals surface area contributed by atoms with E-state index in [1.54, 1.807) is 0 Å². The van der Waals surface area contributed by atoms with Crippen molar-refractivity contribution in [2.75, 3.05) is 12.1 Å². The summed E-state index contributed by atoms with van der Waals surface area (Å²) >= 11 is 0. The van der Waals surface area contributed by atoms with Gasteiger partial charge >= 0.3 is 0 Å². The summed E-state index contributed by atoms with van der Waals surface area (Å²) in [5.74, 6) is 1.97. The number of fused-ring (bicyclic) bond motifs is 2. The largest absolute Gasteiger partial charge is 0.454 e. The number of carbonyl (C=O) groups is 1. The first-order valence-corrected chi connectivity index (χ1v) is 10.6. The third kappa shape index (κ3) is 3.03. The molecule has 1 N–H and O–H groups in total. The monoisotopic (exact) mass is 423 g/mol. The number of amides is 1. The van der Waals surface area contributed by atoms with Gasteiger partial charge in [0.1, 0.15) is 5.82 Å². The van der Waals surface area contributed by atoms with Crippen molar-refractivity contribution in [1.29, 1.82) is 0 Å². The Morgan fingerprint density at radius 3 is 2.56 bits per heavy atom. The lowest BCUT2D eigenvalue weighted by Gasteiger charge is -2.25. The van der Waals surface area contributed by atoms with Crippen LogP contribution in [0.15, 0.2) is 72.8 Å². The molecule has 2 aliphatic rings. The first-order chi connectivity index (χ1) is 15.7. The molecule has 1 atom stereocenters. The maximum atomic E-state index is 12.8. The van der Waals surface area contributed by atoms with Crippen molar-refractivity contribution in [3.8, 4) is 28.4 Å². The highest BCUT2D eigenvalue weighted by atomic mass is 16.7. The van der Waals surface area contributed by atoms with Crippen LogP contribution in [0.1, 0.15) is 29.0 Å². The van der Waals surface area contributed by atoms with Gasteiger partial charge in [0.2, 0.25) is 12.7 Å². The van der Waals surface area contributed by atoms with E-state index in [0.717, 1.165) is 33.8 Å². The van der Waals surface area contributed by atoms with Crippen LogP contribution >= 0.6 is 0 Å². The Balaban J connectivity index is 1.58. The van der Waals surface area contributed by atoms with Gasteiger partial charge in [0.05, 0.1) is 11.4 Å². The first-order valence-electron chi connectivity index (χ1n) is 10.6. The van der Waals surface area contributed by atoms with Crippen LogP contribution in [-0.2, 0) is 4.79 Å². The van der Waals surface area contributed by atoms with E-state index >= 15 is 0 Å². The minimum atomic E-state index is -0.150. The number of nitrogens with one attached hydrogen (secondary N) is 1. The van der Waals surface area contributed by atoms with E-state index in [0.29, 0.717) is 18.0 Å². The fourth-order valence-electron chi connectivity index (χ4n) is 4.45. The highest BCUT2D eigenvalue weighted by molar-refractivity contribution is 5.96. The van der Waals surface area contributed by atoms with Crippen LogP contribution < -0.4 is 14.8 Å². The molecular formula is C26H21N3O3. The van der Waals surface area contributed by atoms with Crippen LogP contribution in [0, 0.1) is 6.92 Å². The summed E-state index contributed by atoms with van der Waals surface area (Å²) in [5, 5.41) is 8.08. The fourth-order valence-corrected chi connectivity index (χ4v) is 4.45. The minimum absolute atomic E-state index is 0.0342. The van der Waals surface area contributed by atoms with E-state index in [2.05, 4.69) is 24.4 Å². The highest BCUT2D eigenvalue weighted by Gasteiger charge is 2.35. The Bertz CT molecular complexity index is 1330. The Morgan fingerprint density at radius 2 is 1.75 bits per heavy atom. The zero-order chi connectivity index (χ0) is 21.7. The van der Waals surface area contributed by atoms with E-state index in [1.807, 2.05) is 65.3 Å². The van der Waals surface area contributed by atoms with Crippen LogP contribution in [0.25, 0.3) is 16.9 Å². The zero-order valence-electron chi connectivity index (χ0n) is 17.5. The minimum Gasteiger partial charge on any atom is -0.454 e. The van der Waals surface area contributed by atoms with Gasteiger partial charge in [-0.3, -0.25) is 4.79 Å². The molecule has 6 heteroatoms. The molecule has 3 aromatic carbocycles. The number of ether oxygens (including phenoxy) is 2. The van der Waals surface area contributed by atoms with E-state index < -0.39 is 0 Å². The van der Waals surface area contributed by atoms with Crippen LogP contribution in [0.3, 0.4) is 0 Å². The topological polar surface area (TPSA) is 65.4 Å². The molecule has 1 aromatic heterocycles. The number of carbonyl (C=O) groups excluding carboxylic acids is 1. The van der Waals surface area contributed by atoms with Gasteiger partial charge in [-0.2, -0.15) is 5.10 Å². The van der Waals surface area contributed by atoms with Gasteiger partial charge in [-0.1, -0.05) is 54.1 Å². The molecule has 0 saturated heterocycles. The lowest BCUT2D eigenvalue weighted by molar-refractivity contribution is -0.116. The second kappa shape index (κ2) is 7.27. The summed E-state index contributed by atoms with van der Waals surface area (Å²) in [6.45, 7) is 2.27. The molecule has 0 aliphatic carbocycles. The van der Waals surface area contributed by atoms with Gasteiger partial charge in [-0.15, -0.1) is 0 Å². The predicted octanol–water partition coefficient (Wildman–Crippen LogP) is 5.05. The van der Waals surface area contributed by atoms with Gasteiger partial charge in [-0.25, -0.2) is 4.68 Å². The quantitative estimate of drug-likeness (QED) is 0.501. The average Bonchev–Trinajstić information content (AvgIpc) is 3.44. The highest BCUT2D eigenvalue weighted by Crippen LogP contribution is 2.45. The molecule has 1 amide bonds. The summed E-state index contributed by atoms with van der Waals surface area (Å²) in [7, 11) is 0. The van der Waals surface area contributed by atoms with Crippen molar-refractivity contribution in [3.63, 3.8) is 0 Å². The van der Waals surface area contributed by atoms with Crippen LogP contribution in [-0.4, -0.2) is 22.5 Å². The Hall–Kier alpha value is -4.06. The van der Waals surface area contributed by atoms with E-state index in [-0.39, 0.29) is 18.6 Å². The van der Waals surface area contributed by atoms with Crippen molar-refractivity contribution >= 4 is 11.7 Å². The molecule has 158 valence electrons. The van der Waals surface area contributed by atoms with Crippen LogP contribution in [0.2, 0.25) is 0 Å². The molecule has 6 rings (SSSR count). The number of hydrogen-bond donors (Lipinski definition) is 1. The summed E-state index contributed by atoms with van der Waals surface area (Å²) in [5.41, 5.74) is 5.96. The third-order valence-corrected chi connectivity index (χ3v) is 6.04. The molecule has 0 radical (unpaired) electrons. The van der Waals surface area contributed by atoms with Crippen molar-refractivity contribution in [2.45, 2.75) is 19.3 Å². The zero-order valence-corrected chi connectivity index (χ0v) is 17.5. The second-order valence-electron chi connectivity index (χ2n) is 8.14. The molecule has 0 fully saturated rings. The number of anilines is 1. The molecule has 0 saturated carbocycles. The lowest BCUT2D eigenvalue weighted by Crippen LogP contribution is -2.24. The molecule has 32 heavy (non-hydrogen) atoms. The average molecular weight is 423 g/mol. The molecular weight excluding hydrogens is 402 g/mol. The summed E-state index contributed by atoms with van der Waals surface area (Å²) in [4.78, 5) is 12.8. The number of hydrogen-bond acceptors (Lipinski definition) is 4. The van der Waals surface area contributed by atoms with Gasteiger partial charge < -0.3 is 14.8 Å². The van der Waals surface area contributed by atoms with Crippen molar-refractivity contribution in [1.82, 2.24) is 9.78 Å². The summed E-state index contributed by atoms with van der Waals surface area (Å²) < 4.78 is 12.9. The molecule has 0 spiro atoms. The molecule has 0 bridgehead atoms. The predicted molar refractivity (Wildman–Crippen MR) is 121 cm³/mol. The number of benzene rings is 3. The maximum Gasteiger partial charge on any atom is 0.231 e. The van der Waals surface area contributed by atoms with Gasteiger partial charge in [-0.05, 0) is 36.8 Å². The Labute approximate surface area is 185 Å². The molecule has 6 nitrogen and oxygen atoms in total. The Kier molecular flexibility index (Phi) is 4.24. The van der Waals surface area contributed by atoms with Gasteiger partial charge in [0, 0.05) is 23.5 Å². The van der Waals surface area contributed by atoms with Crippen molar-refractivity contribution < 1.29 is 14.3 Å². The number of aryl methyl sites for hydroxylation is 1. The second-order valence-corrected chi connectivity index (χ2v) is 8.14. The first kappa shape index (κ1) is 18.7. The Morgan fingerprint density at radius 1 is 0.969 bits per heavy atom. The number of rotatable bonds is 3. The molecule has 0 unspecified atom stereocenters. The molecule has 3 heterocycles. The van der Waals surface area contributed by atoms with Crippen LogP contribution in [0.5, 0.6) is 11.5 Å². The molecule has 4 aromatic rings. The number of aromatic nitrogens is 2. The van der Waals surface area contributed by atoms with E-state index in [4.69, 9.17) is 14.6 Å². The number of nitrogens with zero attached hydrogens (tertiary/aromatic N) is 2. The summed E-state index contributed by atoms with van der Waals surface area (Å²) in [6, 6.07) is 24.1. The lowest BCUT2D eigenvalue weighted by atomic mass is 9.84. The normalized spacial score (nSPS) is 16.5. The fraction of sp³-hybridized carbons (Fsp3) is 0.154. The van der Waals surface area contributed by atoms with Gasteiger partial charge in [0.25, 0.3) is 0 Å². The SMILES string of the molecule is Cc1ccc(-n2nc(-c3ccccc3)c3c2NC(=O)C[C@H]3c2ccc3c(c2)OCO3)cc1. The van der Waals surface area contributed by atoms with E-state index in [9.17, 15) is 4.79 Å². The van der Waals surface area contributed by atoms with Crippen molar-refractivity contribution in [3.05, 3.63) is 89.5 Å². The van der Waals surface area contributed by atoms with E-state index in [1.165, 1.54) is 5.56 Å². The smallest absolute Gasteiger partial charge is 0.231 e. The molecule has 2 aliphatic heterocycles. The standard InChI is InChI=1S/C26H21N3O3/c1-16-7-10-19(11-8-16)29-26-24(25(28-29)17-5-3-2-4-6-17)20(14-23(30)27-26)18-9-12-21-22(13-18)32-15-31-21/h2-13,20H,14-15H2,1H3,(H,27,30)/t20-/m0/s1. The summed E-state index contributed by atoms with van der Waals surface area (Å²) in [6.07, 6.45) is 0.339.